The van der Waals surface area contributed by atoms with Gasteiger partial charge in [-0.3, -0.25) is 9.59 Å². The molecule has 0 aromatic heterocycles. The average Bonchev–Trinajstić information content (AvgIpc) is 2.82. The molecular weight excluding hydrogens is 430 g/mol. The molecule has 8 nitrogen and oxygen atoms in total. The van der Waals surface area contributed by atoms with Gasteiger partial charge >= 0.3 is 0 Å². The molecule has 0 radical (unpaired) electrons. The van der Waals surface area contributed by atoms with Gasteiger partial charge in [-0.25, -0.2) is 8.42 Å². The molecular formula is C23H29N3O5S. The third-order valence-electron chi connectivity index (χ3n) is 5.25. The van der Waals surface area contributed by atoms with Crippen molar-refractivity contribution in [3.05, 3.63) is 65.7 Å². The molecule has 32 heavy (non-hydrogen) atoms. The van der Waals surface area contributed by atoms with Crippen molar-refractivity contribution >= 4 is 21.8 Å². The van der Waals surface area contributed by atoms with Gasteiger partial charge in [-0.15, -0.1) is 0 Å². The third kappa shape index (κ3) is 5.93. The molecule has 2 aromatic rings. The number of benzene rings is 2. The Hall–Kier alpha value is -2.75. The second-order valence-electron chi connectivity index (χ2n) is 7.94. The van der Waals surface area contributed by atoms with Gasteiger partial charge in [0.25, 0.3) is 5.91 Å². The molecule has 1 atom stereocenters. The number of nitrogens with one attached hydrogen (secondary N) is 2. The first-order valence-corrected chi connectivity index (χ1v) is 12.0. The van der Waals surface area contributed by atoms with E-state index in [1.165, 1.54) is 28.6 Å². The Kier molecular flexibility index (Phi) is 8.00. The summed E-state index contributed by atoms with van der Waals surface area (Å²) in [6, 6.07) is 14.6. The monoisotopic (exact) mass is 459 g/mol. The number of carbonyl (C=O) groups is 2. The van der Waals surface area contributed by atoms with Crippen LogP contribution in [0.5, 0.6) is 0 Å². The fraction of sp³-hybridized carbons (Fsp3) is 0.391. The summed E-state index contributed by atoms with van der Waals surface area (Å²) in [4.78, 5) is 25.6. The maximum Gasteiger partial charge on any atom is 0.251 e. The van der Waals surface area contributed by atoms with Crippen LogP contribution in [0.25, 0.3) is 0 Å². The molecule has 0 bridgehead atoms. The Morgan fingerprint density at radius 1 is 1.03 bits per heavy atom. The van der Waals surface area contributed by atoms with Gasteiger partial charge in [-0.1, -0.05) is 50.2 Å². The molecule has 1 heterocycles. The van der Waals surface area contributed by atoms with Crippen LogP contribution in [0.2, 0.25) is 0 Å². The molecule has 0 unspecified atom stereocenters. The highest BCUT2D eigenvalue weighted by atomic mass is 32.2. The zero-order chi connectivity index (χ0) is 23.1. The number of morpholine rings is 1. The Morgan fingerprint density at radius 2 is 1.72 bits per heavy atom. The second kappa shape index (κ2) is 10.7. The molecule has 2 N–H and O–H groups in total. The first-order chi connectivity index (χ1) is 15.3. The smallest absolute Gasteiger partial charge is 0.251 e. The number of rotatable bonds is 8. The van der Waals surface area contributed by atoms with E-state index in [0.717, 1.165) is 5.56 Å². The molecule has 1 fully saturated rings. The summed E-state index contributed by atoms with van der Waals surface area (Å²) in [6.45, 7) is 5.26. The lowest BCUT2D eigenvalue weighted by atomic mass is 10.0. The van der Waals surface area contributed by atoms with Gasteiger partial charge in [-0.2, -0.15) is 4.31 Å². The topological polar surface area (TPSA) is 105 Å². The van der Waals surface area contributed by atoms with Gasteiger partial charge in [-0.05, 0) is 29.7 Å². The van der Waals surface area contributed by atoms with Crippen LogP contribution in [0.15, 0.2) is 59.5 Å². The number of hydrogen-bond acceptors (Lipinski definition) is 5. The lowest BCUT2D eigenvalue weighted by molar-refractivity contribution is -0.124. The largest absolute Gasteiger partial charge is 0.379 e. The molecule has 1 aliphatic rings. The fourth-order valence-corrected chi connectivity index (χ4v) is 4.84. The molecule has 0 spiro atoms. The van der Waals surface area contributed by atoms with Crippen molar-refractivity contribution in [2.24, 2.45) is 5.92 Å². The van der Waals surface area contributed by atoms with E-state index < -0.39 is 22.0 Å². The van der Waals surface area contributed by atoms with Crippen molar-refractivity contribution in [2.45, 2.75) is 31.3 Å². The van der Waals surface area contributed by atoms with Gasteiger partial charge in [0, 0.05) is 25.2 Å². The van der Waals surface area contributed by atoms with Crippen molar-refractivity contribution in [1.82, 2.24) is 14.9 Å². The first kappa shape index (κ1) is 23.9. The summed E-state index contributed by atoms with van der Waals surface area (Å²) in [6.07, 6.45) is 0. The first-order valence-electron chi connectivity index (χ1n) is 10.6. The van der Waals surface area contributed by atoms with Crippen molar-refractivity contribution in [3.63, 3.8) is 0 Å². The predicted octanol–water partition coefficient (Wildman–Crippen LogP) is 1.78. The maximum atomic E-state index is 12.9. The van der Waals surface area contributed by atoms with Gasteiger partial charge in [0.05, 0.1) is 18.1 Å². The van der Waals surface area contributed by atoms with Crippen LogP contribution >= 0.6 is 0 Å². The Morgan fingerprint density at radius 3 is 2.38 bits per heavy atom. The van der Waals surface area contributed by atoms with Crippen LogP contribution in [0, 0.1) is 5.92 Å². The van der Waals surface area contributed by atoms with Crippen LogP contribution in [-0.4, -0.2) is 56.9 Å². The van der Waals surface area contributed by atoms with Crippen LogP contribution in [0.4, 0.5) is 0 Å². The lowest BCUT2D eigenvalue weighted by Gasteiger charge is -2.26. The van der Waals surface area contributed by atoms with E-state index in [1.54, 1.807) is 0 Å². The highest BCUT2D eigenvalue weighted by Gasteiger charge is 2.28. The van der Waals surface area contributed by atoms with E-state index in [4.69, 9.17) is 4.74 Å². The standard InChI is InChI=1S/C23H29N3O5S/c1-17(2)21(23(28)24-16-18-7-4-3-5-8-18)25-22(27)19-9-6-10-20(15-19)32(29,30)26-11-13-31-14-12-26/h3-10,15,17,21H,11-14,16H2,1-2H3,(H,24,28)(H,25,27)/t21-/m0/s1. The van der Waals surface area contributed by atoms with E-state index >= 15 is 0 Å². The summed E-state index contributed by atoms with van der Waals surface area (Å²) in [5, 5.41) is 5.60. The van der Waals surface area contributed by atoms with Crippen molar-refractivity contribution in [3.8, 4) is 0 Å². The normalized spacial score (nSPS) is 15.8. The minimum atomic E-state index is -3.72. The highest BCUT2D eigenvalue weighted by Crippen LogP contribution is 2.18. The van der Waals surface area contributed by atoms with Crippen LogP contribution < -0.4 is 10.6 Å². The van der Waals surface area contributed by atoms with Crippen molar-refractivity contribution in [1.29, 1.82) is 0 Å². The minimum absolute atomic E-state index is 0.0432. The van der Waals surface area contributed by atoms with Crippen LogP contribution in [0.3, 0.4) is 0 Å². The average molecular weight is 460 g/mol. The SMILES string of the molecule is CC(C)[C@H](NC(=O)c1cccc(S(=O)(=O)N2CCOCC2)c1)C(=O)NCc1ccccc1. The summed E-state index contributed by atoms with van der Waals surface area (Å²) in [5.41, 5.74) is 1.14. The molecule has 3 rings (SSSR count). The Bertz CT molecular complexity index is 1030. The minimum Gasteiger partial charge on any atom is -0.379 e. The fourth-order valence-electron chi connectivity index (χ4n) is 3.39. The van der Waals surface area contributed by atoms with E-state index in [-0.39, 0.29) is 35.4 Å². The molecule has 1 aliphatic heterocycles. The maximum absolute atomic E-state index is 12.9. The highest BCUT2D eigenvalue weighted by molar-refractivity contribution is 7.89. The summed E-state index contributed by atoms with van der Waals surface area (Å²) < 4.78 is 32.4. The molecule has 1 saturated heterocycles. The molecule has 2 aromatic carbocycles. The third-order valence-corrected chi connectivity index (χ3v) is 7.14. The van der Waals surface area contributed by atoms with E-state index in [1.807, 2.05) is 44.2 Å². The Balaban J connectivity index is 1.70. The van der Waals surface area contributed by atoms with E-state index in [0.29, 0.717) is 19.8 Å². The predicted molar refractivity (Wildman–Crippen MR) is 120 cm³/mol. The lowest BCUT2D eigenvalue weighted by Crippen LogP contribution is -2.49. The zero-order valence-corrected chi connectivity index (χ0v) is 19.1. The number of amides is 2. The van der Waals surface area contributed by atoms with E-state index in [9.17, 15) is 18.0 Å². The number of sulfonamides is 1. The Labute approximate surface area is 189 Å². The molecule has 9 heteroatoms. The quantitative estimate of drug-likeness (QED) is 0.626. The molecule has 2 amide bonds. The number of hydrogen-bond donors (Lipinski definition) is 2. The number of carbonyl (C=O) groups excluding carboxylic acids is 2. The van der Waals surface area contributed by atoms with Gasteiger partial charge in [0.1, 0.15) is 6.04 Å². The molecule has 0 aliphatic carbocycles. The second-order valence-corrected chi connectivity index (χ2v) is 9.88. The number of nitrogens with zero attached hydrogens (tertiary/aromatic N) is 1. The van der Waals surface area contributed by atoms with Gasteiger partial charge < -0.3 is 15.4 Å². The summed E-state index contributed by atoms with van der Waals surface area (Å²) in [7, 11) is -3.72. The van der Waals surface area contributed by atoms with Gasteiger partial charge in [0.15, 0.2) is 0 Å². The zero-order valence-electron chi connectivity index (χ0n) is 18.3. The summed E-state index contributed by atoms with van der Waals surface area (Å²) >= 11 is 0. The molecule has 172 valence electrons. The number of ether oxygens (including phenoxy) is 1. The molecule has 0 saturated carbocycles. The van der Waals surface area contributed by atoms with Gasteiger partial charge in [0.2, 0.25) is 15.9 Å². The van der Waals surface area contributed by atoms with Crippen LogP contribution in [0.1, 0.15) is 29.8 Å². The van der Waals surface area contributed by atoms with Crippen molar-refractivity contribution < 1.29 is 22.7 Å². The van der Waals surface area contributed by atoms with E-state index in [2.05, 4.69) is 10.6 Å². The van der Waals surface area contributed by atoms with Crippen LogP contribution in [-0.2, 0) is 26.1 Å². The summed E-state index contributed by atoms with van der Waals surface area (Å²) in [5.74, 6) is -0.957. The van der Waals surface area contributed by atoms with Crippen molar-refractivity contribution in [2.75, 3.05) is 26.3 Å².